The maximum absolute atomic E-state index is 13.2. The molecule has 0 N–H and O–H groups in total. The average molecular weight is 477 g/mol. The molecule has 1 unspecified atom stereocenters. The number of sulfone groups is 1. The Morgan fingerprint density at radius 3 is 2.66 bits per heavy atom. The SMILES string of the molecule is Cc1ccc2sc(N(CC3CCCO3)C(=O)CCS(=O)(=O)c3ccc(F)cc3)nc2c1C. The van der Waals surface area contributed by atoms with Crippen LogP contribution in [-0.4, -0.2) is 44.3 Å². The van der Waals surface area contributed by atoms with Gasteiger partial charge >= 0.3 is 0 Å². The molecular weight excluding hydrogens is 451 g/mol. The molecule has 1 fully saturated rings. The van der Waals surface area contributed by atoms with Crippen LogP contribution in [0.15, 0.2) is 41.3 Å². The van der Waals surface area contributed by atoms with Gasteiger partial charge in [-0.15, -0.1) is 0 Å². The number of hydrogen-bond donors (Lipinski definition) is 0. The van der Waals surface area contributed by atoms with Gasteiger partial charge in [-0.2, -0.15) is 0 Å². The zero-order chi connectivity index (χ0) is 22.9. The van der Waals surface area contributed by atoms with Gasteiger partial charge in [0.2, 0.25) is 5.91 Å². The number of thiazole rings is 1. The van der Waals surface area contributed by atoms with Crippen LogP contribution in [-0.2, 0) is 19.4 Å². The zero-order valence-corrected chi connectivity index (χ0v) is 19.6. The molecule has 0 saturated carbocycles. The fraction of sp³-hybridized carbons (Fsp3) is 0.391. The summed E-state index contributed by atoms with van der Waals surface area (Å²) in [6.45, 7) is 5.02. The predicted molar refractivity (Wildman–Crippen MR) is 123 cm³/mol. The van der Waals surface area contributed by atoms with Gasteiger partial charge in [-0.25, -0.2) is 17.8 Å². The first-order valence-electron chi connectivity index (χ1n) is 10.5. The normalized spacial score (nSPS) is 16.5. The number of hydrogen-bond acceptors (Lipinski definition) is 6. The van der Waals surface area contributed by atoms with Crippen molar-refractivity contribution in [1.29, 1.82) is 0 Å². The van der Waals surface area contributed by atoms with E-state index < -0.39 is 15.7 Å². The van der Waals surface area contributed by atoms with Crippen LogP contribution in [0.1, 0.15) is 30.4 Å². The quantitative estimate of drug-likeness (QED) is 0.472. The summed E-state index contributed by atoms with van der Waals surface area (Å²) >= 11 is 1.42. The van der Waals surface area contributed by atoms with Crippen molar-refractivity contribution in [3.8, 4) is 0 Å². The summed E-state index contributed by atoms with van der Waals surface area (Å²) in [6, 6.07) is 8.66. The molecule has 0 aliphatic carbocycles. The smallest absolute Gasteiger partial charge is 0.229 e. The molecule has 2 aromatic carbocycles. The molecule has 9 heteroatoms. The Balaban J connectivity index is 1.58. The van der Waals surface area contributed by atoms with Gasteiger partial charge in [0.05, 0.1) is 33.5 Å². The van der Waals surface area contributed by atoms with E-state index in [0.717, 1.165) is 46.3 Å². The lowest BCUT2D eigenvalue weighted by Crippen LogP contribution is -2.38. The molecule has 1 aromatic heterocycles. The van der Waals surface area contributed by atoms with Crippen LogP contribution in [0.4, 0.5) is 9.52 Å². The molecular formula is C23H25FN2O4S2. The molecule has 0 bridgehead atoms. The van der Waals surface area contributed by atoms with E-state index >= 15 is 0 Å². The molecule has 2 heterocycles. The van der Waals surface area contributed by atoms with Crippen LogP contribution >= 0.6 is 11.3 Å². The number of carbonyl (C=O) groups excluding carboxylic acids is 1. The van der Waals surface area contributed by atoms with E-state index in [1.807, 2.05) is 26.0 Å². The third-order valence-electron chi connectivity index (χ3n) is 5.77. The fourth-order valence-electron chi connectivity index (χ4n) is 3.72. The molecule has 170 valence electrons. The van der Waals surface area contributed by atoms with Crippen LogP contribution in [0.3, 0.4) is 0 Å². The molecule has 1 saturated heterocycles. The van der Waals surface area contributed by atoms with Crippen LogP contribution in [0, 0.1) is 19.7 Å². The van der Waals surface area contributed by atoms with Gasteiger partial charge in [-0.05, 0) is 68.1 Å². The Hall–Kier alpha value is -2.36. The van der Waals surface area contributed by atoms with Crippen LogP contribution < -0.4 is 4.90 Å². The third-order valence-corrected chi connectivity index (χ3v) is 8.55. The van der Waals surface area contributed by atoms with Gasteiger partial charge in [0, 0.05) is 13.0 Å². The highest BCUT2D eigenvalue weighted by molar-refractivity contribution is 7.91. The Kier molecular flexibility index (Phi) is 6.60. The Morgan fingerprint density at radius 2 is 1.97 bits per heavy atom. The van der Waals surface area contributed by atoms with E-state index in [9.17, 15) is 17.6 Å². The highest BCUT2D eigenvalue weighted by atomic mass is 32.2. The van der Waals surface area contributed by atoms with Crippen molar-refractivity contribution in [3.63, 3.8) is 0 Å². The van der Waals surface area contributed by atoms with Crippen molar-refractivity contribution in [2.45, 2.75) is 44.1 Å². The summed E-state index contributed by atoms with van der Waals surface area (Å²) in [5.74, 6) is -1.19. The Bertz CT molecular complexity index is 1230. The summed E-state index contributed by atoms with van der Waals surface area (Å²) in [5.41, 5.74) is 3.04. The molecule has 0 spiro atoms. The fourth-order valence-corrected chi connectivity index (χ4v) is 6.01. The van der Waals surface area contributed by atoms with Gasteiger partial charge in [0.15, 0.2) is 15.0 Å². The van der Waals surface area contributed by atoms with E-state index in [1.165, 1.54) is 23.5 Å². The standard InChI is InChI=1S/C23H25FN2O4S2/c1-15-5-10-20-22(16(15)2)25-23(31-20)26(14-18-4-3-12-30-18)21(27)11-13-32(28,29)19-8-6-17(24)7-9-19/h5-10,18H,3-4,11-14H2,1-2H3. The van der Waals surface area contributed by atoms with Crippen LogP contribution in [0.2, 0.25) is 0 Å². The van der Waals surface area contributed by atoms with Crippen LogP contribution in [0.5, 0.6) is 0 Å². The van der Waals surface area contributed by atoms with E-state index in [4.69, 9.17) is 9.72 Å². The highest BCUT2D eigenvalue weighted by Crippen LogP contribution is 2.33. The molecule has 1 aliphatic heterocycles. The van der Waals surface area contributed by atoms with Crippen molar-refractivity contribution in [3.05, 3.63) is 53.3 Å². The summed E-state index contributed by atoms with van der Waals surface area (Å²) in [4.78, 5) is 19.5. The second-order valence-electron chi connectivity index (χ2n) is 8.01. The van der Waals surface area contributed by atoms with E-state index in [-0.39, 0.29) is 29.1 Å². The minimum absolute atomic E-state index is 0.00321. The molecule has 0 radical (unpaired) electrons. The van der Waals surface area contributed by atoms with Crippen molar-refractivity contribution >= 4 is 42.4 Å². The average Bonchev–Trinajstić information content (AvgIpc) is 3.43. The first kappa shape index (κ1) is 22.8. The number of anilines is 1. The summed E-state index contributed by atoms with van der Waals surface area (Å²) < 4.78 is 45.1. The lowest BCUT2D eigenvalue weighted by atomic mass is 10.1. The molecule has 1 aliphatic rings. The summed E-state index contributed by atoms with van der Waals surface area (Å²) in [5, 5.41) is 0.549. The lowest BCUT2D eigenvalue weighted by molar-refractivity contribution is -0.118. The number of nitrogens with zero attached hydrogens (tertiary/aromatic N) is 2. The number of ether oxygens (including phenoxy) is 1. The predicted octanol–water partition coefficient (Wildman–Crippen LogP) is 4.43. The second kappa shape index (κ2) is 9.25. The molecule has 1 atom stereocenters. The summed E-state index contributed by atoms with van der Waals surface area (Å²) in [6.07, 6.45) is 1.49. The third kappa shape index (κ3) is 4.84. The van der Waals surface area contributed by atoms with Gasteiger partial charge in [0.25, 0.3) is 0 Å². The molecule has 32 heavy (non-hydrogen) atoms. The lowest BCUT2D eigenvalue weighted by Gasteiger charge is -2.23. The number of fused-ring (bicyclic) bond motifs is 1. The van der Waals surface area contributed by atoms with Crippen molar-refractivity contribution in [2.24, 2.45) is 0 Å². The summed E-state index contributed by atoms with van der Waals surface area (Å²) in [7, 11) is -3.71. The number of benzene rings is 2. The first-order valence-corrected chi connectivity index (χ1v) is 13.0. The zero-order valence-electron chi connectivity index (χ0n) is 18.0. The highest BCUT2D eigenvalue weighted by Gasteiger charge is 2.28. The molecule has 1 amide bonds. The largest absolute Gasteiger partial charge is 0.376 e. The minimum Gasteiger partial charge on any atom is -0.376 e. The van der Waals surface area contributed by atoms with Crippen LogP contribution in [0.25, 0.3) is 10.2 Å². The number of aryl methyl sites for hydroxylation is 2. The monoisotopic (exact) mass is 476 g/mol. The van der Waals surface area contributed by atoms with Crippen molar-refractivity contribution < 1.29 is 22.3 Å². The van der Waals surface area contributed by atoms with E-state index in [1.54, 1.807) is 4.90 Å². The topological polar surface area (TPSA) is 76.6 Å². The van der Waals surface area contributed by atoms with E-state index in [0.29, 0.717) is 18.3 Å². The molecule has 4 rings (SSSR count). The second-order valence-corrected chi connectivity index (χ2v) is 11.1. The number of aromatic nitrogens is 1. The van der Waals surface area contributed by atoms with Gasteiger partial charge in [0.1, 0.15) is 5.82 Å². The number of amides is 1. The Labute approximate surface area is 190 Å². The number of halogens is 1. The molecule has 3 aromatic rings. The van der Waals surface area contributed by atoms with Gasteiger partial charge in [-0.3, -0.25) is 9.69 Å². The van der Waals surface area contributed by atoms with Gasteiger partial charge < -0.3 is 4.74 Å². The van der Waals surface area contributed by atoms with E-state index in [2.05, 4.69) is 0 Å². The molecule has 6 nitrogen and oxygen atoms in total. The Morgan fingerprint density at radius 1 is 1.22 bits per heavy atom. The van der Waals surface area contributed by atoms with Crippen molar-refractivity contribution in [1.82, 2.24) is 4.98 Å². The number of rotatable bonds is 7. The van der Waals surface area contributed by atoms with Gasteiger partial charge in [-0.1, -0.05) is 17.4 Å². The minimum atomic E-state index is -3.71. The maximum Gasteiger partial charge on any atom is 0.229 e. The maximum atomic E-state index is 13.2. The number of carbonyl (C=O) groups is 1. The first-order chi connectivity index (χ1) is 15.2. The van der Waals surface area contributed by atoms with Crippen molar-refractivity contribution in [2.75, 3.05) is 23.8 Å².